The first-order valence-electron chi connectivity index (χ1n) is 8.36. The van der Waals surface area contributed by atoms with Crippen LogP contribution in [0.3, 0.4) is 0 Å². The highest BCUT2D eigenvalue weighted by atomic mass is 35.5. The lowest BCUT2D eigenvalue weighted by atomic mass is 10.2. The zero-order valence-corrected chi connectivity index (χ0v) is 15.6. The molecule has 0 aliphatic carbocycles. The van der Waals surface area contributed by atoms with Gasteiger partial charge in [-0.3, -0.25) is 4.79 Å². The molecule has 0 amide bonds. The second kappa shape index (κ2) is 8.53. The zero-order valence-electron chi connectivity index (χ0n) is 14.8. The Balaban J connectivity index is 1.82. The van der Waals surface area contributed by atoms with E-state index in [4.69, 9.17) is 21.1 Å². The van der Waals surface area contributed by atoms with Crippen LogP contribution < -0.4 is 16.0 Å². The van der Waals surface area contributed by atoms with Gasteiger partial charge in [-0.05, 0) is 42.8 Å². The minimum atomic E-state index is -0.652. The van der Waals surface area contributed by atoms with E-state index in [-0.39, 0.29) is 18.2 Å². The lowest BCUT2D eigenvalue weighted by Gasteiger charge is -2.08. The Kier molecular flexibility index (Phi) is 5.90. The van der Waals surface area contributed by atoms with Crippen LogP contribution in [0.4, 0.5) is 0 Å². The van der Waals surface area contributed by atoms with E-state index >= 15 is 0 Å². The molecule has 1 N–H and O–H groups in total. The van der Waals surface area contributed by atoms with Crippen LogP contribution in [0.5, 0.6) is 5.75 Å². The predicted octanol–water partition coefficient (Wildman–Crippen LogP) is 2.17. The van der Waals surface area contributed by atoms with Gasteiger partial charge in [0.05, 0.1) is 28.7 Å². The third-order valence-corrected chi connectivity index (χ3v) is 4.01. The molecule has 1 heterocycles. The van der Waals surface area contributed by atoms with E-state index in [0.29, 0.717) is 22.2 Å². The minimum Gasteiger partial charge on any atom is -0.480 e. The van der Waals surface area contributed by atoms with Crippen molar-refractivity contribution < 1.29 is 14.3 Å². The number of rotatable bonds is 6. The Morgan fingerprint density at radius 2 is 2.04 bits per heavy atom. The summed E-state index contributed by atoms with van der Waals surface area (Å²) < 4.78 is 10.8. The molecule has 0 unspecified atom stereocenters. The molecule has 28 heavy (non-hydrogen) atoms. The average molecular weight is 402 g/mol. The highest BCUT2D eigenvalue weighted by Crippen LogP contribution is 2.24. The number of nitrogens with zero attached hydrogens (tertiary/aromatic N) is 2. The van der Waals surface area contributed by atoms with Crippen LogP contribution in [0.2, 0.25) is 5.02 Å². The Morgan fingerprint density at radius 1 is 1.25 bits per heavy atom. The smallest absolute Gasteiger partial charge is 0.349 e. The van der Waals surface area contributed by atoms with E-state index in [9.17, 15) is 14.4 Å². The van der Waals surface area contributed by atoms with E-state index in [1.807, 2.05) is 0 Å². The molecule has 8 nitrogen and oxygen atoms in total. The third-order valence-electron chi connectivity index (χ3n) is 3.71. The number of aromatic amines is 1. The summed E-state index contributed by atoms with van der Waals surface area (Å²) in [4.78, 5) is 38.5. The maximum atomic E-state index is 12.4. The summed E-state index contributed by atoms with van der Waals surface area (Å²) in [6, 6.07) is 11.4. The van der Waals surface area contributed by atoms with Gasteiger partial charge in [-0.15, -0.1) is 4.68 Å². The molecule has 0 fully saturated rings. The van der Waals surface area contributed by atoms with Crippen LogP contribution in [0.25, 0.3) is 10.9 Å². The number of para-hydroxylation sites is 1. The van der Waals surface area contributed by atoms with E-state index in [1.165, 1.54) is 12.3 Å². The Bertz CT molecular complexity index is 1170. The minimum absolute atomic E-state index is 0.244. The molecular formula is C19H16ClN3O5. The van der Waals surface area contributed by atoms with Gasteiger partial charge >= 0.3 is 11.7 Å². The van der Waals surface area contributed by atoms with Gasteiger partial charge in [-0.2, -0.15) is 5.10 Å². The van der Waals surface area contributed by atoms with Crippen LogP contribution in [0.1, 0.15) is 12.5 Å². The third kappa shape index (κ3) is 4.29. The number of ether oxygens (including phenoxy) is 2. The quantitative estimate of drug-likeness (QED) is 0.503. The number of hydrogen-bond acceptors (Lipinski definition) is 6. The van der Waals surface area contributed by atoms with Crippen molar-refractivity contribution in [3.8, 4) is 5.75 Å². The Labute approximate surface area is 164 Å². The van der Waals surface area contributed by atoms with Crippen LogP contribution >= 0.6 is 11.6 Å². The van der Waals surface area contributed by atoms with Gasteiger partial charge in [0.25, 0.3) is 5.56 Å². The zero-order chi connectivity index (χ0) is 20.1. The molecule has 0 spiro atoms. The summed E-state index contributed by atoms with van der Waals surface area (Å²) in [6.07, 6.45) is 1.33. The molecule has 3 rings (SSSR count). The highest BCUT2D eigenvalue weighted by molar-refractivity contribution is 6.32. The number of esters is 1. The van der Waals surface area contributed by atoms with Crippen molar-refractivity contribution in [1.82, 2.24) is 9.66 Å². The van der Waals surface area contributed by atoms with Gasteiger partial charge in [0, 0.05) is 0 Å². The lowest BCUT2D eigenvalue weighted by Crippen LogP contribution is -2.32. The summed E-state index contributed by atoms with van der Waals surface area (Å²) in [5, 5.41) is 4.55. The molecular weight excluding hydrogens is 386 g/mol. The topological polar surface area (TPSA) is 103 Å². The SMILES string of the molecule is CCOC(=O)COc1ccc(C=Nn2c(=O)[nH]c3ccccc3c2=O)cc1Cl. The number of aromatic nitrogens is 2. The van der Waals surface area contributed by atoms with Crippen LogP contribution in [0, 0.1) is 0 Å². The van der Waals surface area contributed by atoms with Gasteiger partial charge in [-0.1, -0.05) is 23.7 Å². The maximum absolute atomic E-state index is 12.4. The predicted molar refractivity (Wildman–Crippen MR) is 105 cm³/mol. The Hall–Kier alpha value is -3.39. The van der Waals surface area contributed by atoms with Crippen molar-refractivity contribution >= 4 is 34.7 Å². The van der Waals surface area contributed by atoms with Crippen molar-refractivity contribution in [3.05, 3.63) is 73.9 Å². The fraction of sp³-hybridized carbons (Fsp3) is 0.158. The van der Waals surface area contributed by atoms with Crippen LogP contribution in [-0.2, 0) is 9.53 Å². The number of nitrogens with one attached hydrogen (secondary N) is 1. The molecule has 144 valence electrons. The van der Waals surface area contributed by atoms with Gasteiger partial charge in [0.1, 0.15) is 5.75 Å². The number of H-pyrrole nitrogens is 1. The van der Waals surface area contributed by atoms with Crippen molar-refractivity contribution in [2.24, 2.45) is 5.10 Å². The first-order valence-corrected chi connectivity index (χ1v) is 8.74. The number of benzene rings is 2. The molecule has 0 saturated heterocycles. The van der Waals surface area contributed by atoms with Crippen molar-refractivity contribution in [2.75, 3.05) is 13.2 Å². The maximum Gasteiger partial charge on any atom is 0.349 e. The van der Waals surface area contributed by atoms with Crippen molar-refractivity contribution in [2.45, 2.75) is 6.92 Å². The molecule has 0 aliphatic heterocycles. The fourth-order valence-corrected chi connectivity index (χ4v) is 2.68. The van der Waals surface area contributed by atoms with Crippen LogP contribution in [0.15, 0.2) is 57.2 Å². The van der Waals surface area contributed by atoms with E-state index < -0.39 is 17.2 Å². The number of halogens is 1. The van der Waals surface area contributed by atoms with E-state index in [2.05, 4.69) is 10.1 Å². The average Bonchev–Trinajstić information content (AvgIpc) is 2.67. The lowest BCUT2D eigenvalue weighted by molar-refractivity contribution is -0.145. The molecule has 2 aromatic carbocycles. The molecule has 9 heteroatoms. The standard InChI is InChI=1S/C19H16ClN3O5/c1-2-27-17(24)11-28-16-8-7-12(9-14(16)20)10-21-23-18(25)13-5-3-4-6-15(13)22-19(23)26/h3-10H,2,11H2,1H3,(H,22,26). The summed E-state index contributed by atoms with van der Waals surface area (Å²) in [7, 11) is 0. The fourth-order valence-electron chi connectivity index (χ4n) is 2.44. The summed E-state index contributed by atoms with van der Waals surface area (Å²) in [5.74, 6) is -0.202. The second-order valence-electron chi connectivity index (χ2n) is 5.62. The monoisotopic (exact) mass is 401 g/mol. The number of carbonyl (C=O) groups is 1. The van der Waals surface area contributed by atoms with E-state index in [1.54, 1.807) is 43.3 Å². The summed E-state index contributed by atoms with van der Waals surface area (Å²) in [5.41, 5.74) is -0.209. The molecule has 0 aliphatic rings. The second-order valence-corrected chi connectivity index (χ2v) is 6.03. The normalized spacial score (nSPS) is 11.1. The first-order chi connectivity index (χ1) is 13.5. The van der Waals surface area contributed by atoms with Gasteiger partial charge < -0.3 is 14.5 Å². The van der Waals surface area contributed by atoms with Crippen molar-refractivity contribution in [1.29, 1.82) is 0 Å². The molecule has 3 aromatic rings. The van der Waals surface area contributed by atoms with Gasteiger partial charge in [-0.25, -0.2) is 9.59 Å². The Morgan fingerprint density at radius 3 is 2.79 bits per heavy atom. The summed E-state index contributed by atoms with van der Waals surface area (Å²) >= 11 is 6.14. The first kappa shape index (κ1) is 19.4. The molecule has 0 bridgehead atoms. The van der Waals surface area contributed by atoms with Crippen molar-refractivity contribution in [3.63, 3.8) is 0 Å². The molecule has 0 radical (unpaired) electrons. The molecule has 0 atom stereocenters. The summed E-state index contributed by atoms with van der Waals surface area (Å²) in [6.45, 7) is 1.70. The molecule has 1 aromatic heterocycles. The van der Waals surface area contributed by atoms with E-state index in [0.717, 1.165) is 4.68 Å². The number of fused-ring (bicyclic) bond motifs is 1. The van der Waals surface area contributed by atoms with Crippen LogP contribution in [-0.4, -0.2) is 35.1 Å². The number of carbonyl (C=O) groups excluding carboxylic acids is 1. The number of hydrogen-bond donors (Lipinski definition) is 1. The van der Waals surface area contributed by atoms with Gasteiger partial charge in [0.2, 0.25) is 0 Å². The largest absolute Gasteiger partial charge is 0.480 e. The molecule has 0 saturated carbocycles. The van der Waals surface area contributed by atoms with Gasteiger partial charge in [0.15, 0.2) is 6.61 Å². The highest BCUT2D eigenvalue weighted by Gasteiger charge is 2.08.